The van der Waals surface area contributed by atoms with Gasteiger partial charge in [-0.1, -0.05) is 25.1 Å². The smallest absolute Gasteiger partial charge is 0.293 e. The first-order chi connectivity index (χ1) is 12.5. The van der Waals surface area contributed by atoms with Gasteiger partial charge in [0.25, 0.3) is 11.8 Å². The van der Waals surface area contributed by atoms with E-state index in [2.05, 4.69) is 34.6 Å². The molecule has 2 amide bonds. The third-order valence-corrected chi connectivity index (χ3v) is 3.84. The fourth-order valence-electron chi connectivity index (χ4n) is 2.52. The van der Waals surface area contributed by atoms with Gasteiger partial charge >= 0.3 is 0 Å². The maximum absolute atomic E-state index is 12.6. The number of anilines is 1. The number of hydrogen-bond donors (Lipinski definition) is 2. The van der Waals surface area contributed by atoms with Crippen LogP contribution in [0.4, 0.5) is 5.82 Å². The fraction of sp³-hybridized carbons (Fsp3) is 0.333. The Kier molecular flexibility index (Phi) is 5.01. The zero-order valence-corrected chi connectivity index (χ0v) is 14.9. The highest BCUT2D eigenvalue weighted by molar-refractivity contribution is 6.05. The van der Waals surface area contributed by atoms with Crippen LogP contribution in [0.5, 0.6) is 0 Å². The highest BCUT2D eigenvalue weighted by Gasteiger charge is 2.22. The second-order valence-corrected chi connectivity index (χ2v) is 6.46. The van der Waals surface area contributed by atoms with Gasteiger partial charge in [0, 0.05) is 18.8 Å². The third kappa shape index (κ3) is 3.74. The van der Waals surface area contributed by atoms with Crippen LogP contribution in [0.15, 0.2) is 35.0 Å². The minimum atomic E-state index is -0.472. The maximum Gasteiger partial charge on any atom is 0.293 e. The number of nitrogens with zero attached hydrogens (tertiary/aromatic N) is 3. The summed E-state index contributed by atoms with van der Waals surface area (Å²) in [7, 11) is 0. The van der Waals surface area contributed by atoms with Crippen LogP contribution in [0, 0.1) is 12.8 Å². The van der Waals surface area contributed by atoms with Crippen LogP contribution >= 0.6 is 0 Å². The SMILES string of the molecule is Cc1cc(NC(=O)c2nc(C(=O)NCCC(C)C)c3ccccn23)no1. The molecule has 0 radical (unpaired) electrons. The number of aryl methyl sites for hydroxylation is 1. The molecule has 3 aromatic heterocycles. The van der Waals surface area contributed by atoms with Crippen LogP contribution in [0.3, 0.4) is 0 Å². The Labute approximate surface area is 150 Å². The lowest BCUT2D eigenvalue weighted by atomic mass is 10.1. The Bertz CT molecular complexity index is 941. The summed E-state index contributed by atoms with van der Waals surface area (Å²) in [6, 6.07) is 6.92. The molecule has 0 spiro atoms. The lowest BCUT2D eigenvalue weighted by molar-refractivity contribution is 0.0949. The van der Waals surface area contributed by atoms with Gasteiger partial charge in [-0.2, -0.15) is 0 Å². The van der Waals surface area contributed by atoms with Crippen LogP contribution in [0.25, 0.3) is 5.52 Å². The zero-order valence-electron chi connectivity index (χ0n) is 14.9. The van der Waals surface area contributed by atoms with Crippen molar-refractivity contribution in [2.75, 3.05) is 11.9 Å². The molecule has 26 heavy (non-hydrogen) atoms. The number of carbonyl (C=O) groups is 2. The number of nitrogens with one attached hydrogen (secondary N) is 2. The van der Waals surface area contributed by atoms with E-state index in [0.29, 0.717) is 29.6 Å². The fourth-order valence-corrected chi connectivity index (χ4v) is 2.52. The van der Waals surface area contributed by atoms with Gasteiger partial charge < -0.3 is 15.2 Å². The standard InChI is InChI=1S/C18H21N5O3/c1-11(2)7-8-19-17(24)15-13-6-4-5-9-23(13)16(21-15)18(25)20-14-10-12(3)26-22-14/h4-6,9-11H,7-8H2,1-3H3,(H,19,24)(H,20,22,25). The van der Waals surface area contributed by atoms with E-state index >= 15 is 0 Å². The van der Waals surface area contributed by atoms with E-state index in [0.717, 1.165) is 6.42 Å². The Morgan fingerprint density at radius 1 is 1.27 bits per heavy atom. The normalized spacial score (nSPS) is 11.1. The molecule has 0 fully saturated rings. The Morgan fingerprint density at radius 3 is 2.77 bits per heavy atom. The maximum atomic E-state index is 12.6. The average molecular weight is 355 g/mol. The first kappa shape index (κ1) is 17.7. The molecule has 0 aliphatic heterocycles. The molecule has 8 nitrogen and oxygen atoms in total. The third-order valence-electron chi connectivity index (χ3n) is 3.84. The van der Waals surface area contributed by atoms with Crippen molar-refractivity contribution >= 4 is 23.1 Å². The van der Waals surface area contributed by atoms with Crippen molar-refractivity contribution in [3.05, 3.63) is 47.7 Å². The molecule has 0 bridgehead atoms. The number of carbonyl (C=O) groups excluding carboxylic acids is 2. The number of imidazole rings is 1. The molecule has 0 aliphatic carbocycles. The van der Waals surface area contributed by atoms with E-state index in [9.17, 15) is 9.59 Å². The van der Waals surface area contributed by atoms with Crippen molar-refractivity contribution in [3.8, 4) is 0 Å². The summed E-state index contributed by atoms with van der Waals surface area (Å²) in [4.78, 5) is 29.3. The quantitative estimate of drug-likeness (QED) is 0.708. The Balaban J connectivity index is 1.87. The monoisotopic (exact) mass is 355 g/mol. The summed E-state index contributed by atoms with van der Waals surface area (Å²) >= 11 is 0. The number of pyridine rings is 1. The highest BCUT2D eigenvalue weighted by atomic mass is 16.5. The number of aromatic nitrogens is 3. The molecule has 0 saturated heterocycles. The molecule has 0 saturated carbocycles. The highest BCUT2D eigenvalue weighted by Crippen LogP contribution is 2.15. The van der Waals surface area contributed by atoms with Gasteiger partial charge in [0.2, 0.25) is 5.82 Å². The van der Waals surface area contributed by atoms with Gasteiger partial charge in [-0.25, -0.2) is 4.98 Å². The topological polar surface area (TPSA) is 102 Å². The number of fused-ring (bicyclic) bond motifs is 1. The van der Waals surface area contributed by atoms with Crippen LogP contribution in [0.2, 0.25) is 0 Å². The lowest BCUT2D eigenvalue weighted by Gasteiger charge is -2.05. The van der Waals surface area contributed by atoms with E-state index in [-0.39, 0.29) is 17.4 Å². The first-order valence-corrected chi connectivity index (χ1v) is 8.45. The average Bonchev–Trinajstić information content (AvgIpc) is 3.18. The van der Waals surface area contributed by atoms with E-state index < -0.39 is 5.91 Å². The van der Waals surface area contributed by atoms with Crippen LogP contribution in [-0.4, -0.2) is 32.9 Å². The van der Waals surface area contributed by atoms with Crippen molar-refractivity contribution in [2.24, 2.45) is 5.92 Å². The molecule has 136 valence electrons. The van der Waals surface area contributed by atoms with Gasteiger partial charge in [0.1, 0.15) is 5.76 Å². The number of hydrogen-bond acceptors (Lipinski definition) is 5. The molecule has 3 aromatic rings. The van der Waals surface area contributed by atoms with E-state index in [1.807, 2.05) is 0 Å². The van der Waals surface area contributed by atoms with Crippen molar-refractivity contribution in [1.82, 2.24) is 19.9 Å². The summed E-state index contributed by atoms with van der Waals surface area (Å²) in [5.74, 6) is 0.699. The Morgan fingerprint density at radius 2 is 2.08 bits per heavy atom. The van der Waals surface area contributed by atoms with E-state index in [1.165, 1.54) is 0 Å². The van der Waals surface area contributed by atoms with Crippen molar-refractivity contribution in [2.45, 2.75) is 27.2 Å². The van der Waals surface area contributed by atoms with Gasteiger partial charge in [0.15, 0.2) is 11.5 Å². The predicted molar refractivity (Wildman–Crippen MR) is 96.2 cm³/mol. The lowest BCUT2D eigenvalue weighted by Crippen LogP contribution is -2.26. The van der Waals surface area contributed by atoms with Crippen molar-refractivity contribution < 1.29 is 14.1 Å². The van der Waals surface area contributed by atoms with Gasteiger partial charge in [-0.05, 0) is 31.4 Å². The molecule has 2 N–H and O–H groups in total. The second-order valence-electron chi connectivity index (χ2n) is 6.46. The molecule has 0 aromatic carbocycles. The molecule has 3 heterocycles. The summed E-state index contributed by atoms with van der Waals surface area (Å²) in [5, 5.41) is 9.21. The molecular weight excluding hydrogens is 334 g/mol. The summed E-state index contributed by atoms with van der Waals surface area (Å²) < 4.78 is 6.52. The minimum Gasteiger partial charge on any atom is -0.360 e. The second kappa shape index (κ2) is 7.38. The predicted octanol–water partition coefficient (Wildman–Crippen LogP) is 2.66. The summed E-state index contributed by atoms with van der Waals surface area (Å²) in [6.45, 7) is 6.47. The first-order valence-electron chi connectivity index (χ1n) is 8.45. The molecule has 8 heteroatoms. The summed E-state index contributed by atoms with van der Waals surface area (Å²) in [6.07, 6.45) is 2.56. The van der Waals surface area contributed by atoms with Crippen LogP contribution in [0.1, 0.15) is 47.1 Å². The number of rotatable bonds is 6. The molecule has 0 atom stereocenters. The zero-order chi connectivity index (χ0) is 18.7. The van der Waals surface area contributed by atoms with E-state index in [1.54, 1.807) is 41.8 Å². The van der Waals surface area contributed by atoms with Gasteiger partial charge in [0.05, 0.1) is 5.52 Å². The largest absolute Gasteiger partial charge is 0.360 e. The van der Waals surface area contributed by atoms with Crippen LogP contribution in [-0.2, 0) is 0 Å². The van der Waals surface area contributed by atoms with Crippen molar-refractivity contribution in [3.63, 3.8) is 0 Å². The number of amides is 2. The van der Waals surface area contributed by atoms with Crippen LogP contribution < -0.4 is 10.6 Å². The van der Waals surface area contributed by atoms with Gasteiger partial charge in [-0.15, -0.1) is 0 Å². The van der Waals surface area contributed by atoms with E-state index in [4.69, 9.17) is 4.52 Å². The summed E-state index contributed by atoms with van der Waals surface area (Å²) in [5.41, 5.74) is 0.784. The molecule has 0 unspecified atom stereocenters. The molecule has 3 rings (SSSR count). The molecule has 0 aliphatic rings. The minimum absolute atomic E-state index is 0.107. The van der Waals surface area contributed by atoms with Gasteiger partial charge in [-0.3, -0.25) is 14.0 Å². The van der Waals surface area contributed by atoms with Crippen molar-refractivity contribution in [1.29, 1.82) is 0 Å². The Hall–Kier alpha value is -3.16. The molecular formula is C18H21N5O3.